The Hall–Kier alpha value is 1.41. The maximum Gasteiger partial charge on any atom is 4.00 e. The molecule has 0 fully saturated rings. The molecule has 3 nitrogen and oxygen atoms in total. The van der Waals surface area contributed by atoms with Gasteiger partial charge >= 0.3 is 33.5 Å². The summed E-state index contributed by atoms with van der Waals surface area (Å²) in [5.41, 5.74) is 0. The van der Waals surface area contributed by atoms with Gasteiger partial charge in [-0.2, -0.15) is 0 Å². The van der Waals surface area contributed by atoms with E-state index in [4.69, 9.17) is 15.1 Å². The molecular weight excluding hydrogens is 221 g/mol. The summed E-state index contributed by atoms with van der Waals surface area (Å²) in [6, 6.07) is 0. The molecule has 0 unspecified atom stereocenters. The van der Waals surface area contributed by atoms with Gasteiger partial charge in [-0.05, 0) is 0 Å². The molecule has 0 aromatic rings. The molecule has 0 atom stereocenters. The maximum absolute atomic E-state index is 7.17. The van der Waals surface area contributed by atoms with Crippen LogP contribution in [0.15, 0.2) is 0 Å². The molecule has 0 heterocycles. The van der Waals surface area contributed by atoms with Gasteiger partial charge in [-0.15, -0.1) is 0 Å². The van der Waals surface area contributed by atoms with Crippen LogP contribution in [0.3, 0.4) is 0 Å². The molecule has 0 aromatic carbocycles. The second-order valence-electron chi connectivity index (χ2n) is 0.346. The van der Waals surface area contributed by atoms with Crippen LogP contribution in [0.2, 0.25) is 0 Å². The van der Waals surface area contributed by atoms with Crippen molar-refractivity contribution >= 4 is 7.32 Å². The second-order valence-corrected chi connectivity index (χ2v) is 0.346. The zero-order valence-corrected chi connectivity index (χ0v) is 7.14. The molecule has 0 radical (unpaired) electrons. The van der Waals surface area contributed by atoms with Gasteiger partial charge in [0.05, 0.1) is 0 Å². The fourth-order valence-electron chi connectivity index (χ4n) is 0. The van der Waals surface area contributed by atoms with Gasteiger partial charge in [0.15, 0.2) is 0 Å². The monoisotopic (exact) mass is 222 g/mol. The molecule has 0 aliphatic carbocycles. The molecule has 0 aliphatic heterocycles. The van der Waals surface area contributed by atoms with E-state index >= 15 is 0 Å². The molecule has 7 heavy (non-hydrogen) atoms. The Balaban J connectivity index is -0.0000000150. The minimum absolute atomic E-state index is 0. The van der Waals surface area contributed by atoms with Crippen molar-refractivity contribution < 1.29 is 66.1 Å². The molecule has 0 bridgehead atoms. The first kappa shape index (κ1) is 23.7. The van der Waals surface area contributed by atoms with Crippen molar-refractivity contribution in [3.05, 3.63) is 0 Å². The zero-order chi connectivity index (χ0) is 3.58. The molecule has 0 rings (SSSR count). The van der Waals surface area contributed by atoms with Gasteiger partial charge < -0.3 is 39.9 Å². The van der Waals surface area contributed by atoms with Gasteiger partial charge in [0.1, 0.15) is 0 Å². The van der Waals surface area contributed by atoms with E-state index < -0.39 is 7.32 Å². The molecule has 0 amide bonds. The summed E-state index contributed by atoms with van der Waals surface area (Å²) in [5.74, 6) is 0. The number of hydrogen-bond acceptors (Lipinski definition) is 3. The van der Waals surface area contributed by atoms with E-state index in [1.165, 1.54) is 0 Å². The summed E-state index contributed by atoms with van der Waals surface area (Å²) < 4.78 is 0. The molecule has 40 valence electrons. The predicted molar refractivity (Wildman–Crippen MR) is 12.4 cm³/mol. The molecule has 3 N–H and O–H groups in total. The maximum atomic E-state index is 7.17. The van der Waals surface area contributed by atoms with E-state index in [2.05, 4.69) is 0 Å². The van der Waals surface area contributed by atoms with Crippen LogP contribution in [-0.4, -0.2) is 22.4 Å². The first-order chi connectivity index (χ1) is 1.73. The smallest absolute Gasteiger partial charge is 1.00 e. The van der Waals surface area contributed by atoms with Gasteiger partial charge in [0.2, 0.25) is 0 Å². The van der Waals surface area contributed by atoms with Crippen LogP contribution in [0.5, 0.6) is 0 Å². The van der Waals surface area contributed by atoms with Crippen molar-refractivity contribution in [3.63, 3.8) is 0 Å². The van der Waals surface area contributed by atoms with E-state index in [0.29, 0.717) is 0 Å². The molecule has 0 saturated heterocycles. The van der Waals surface area contributed by atoms with Gasteiger partial charge in [-0.25, -0.2) is 0 Å². The van der Waals surface area contributed by atoms with Crippen molar-refractivity contribution in [2.45, 2.75) is 0 Å². The second kappa shape index (κ2) is 15.7. The Morgan fingerprint density at radius 1 is 0.857 bits per heavy atom. The molecule has 0 saturated carbocycles. The van der Waals surface area contributed by atoms with Crippen LogP contribution in [-0.2, 0) is 26.2 Å². The topological polar surface area (TPSA) is 60.7 Å². The Labute approximate surface area is 73.2 Å². The zero-order valence-electron chi connectivity index (χ0n) is 3.17. The first-order valence-corrected chi connectivity index (χ1v) is 0.775. The van der Waals surface area contributed by atoms with E-state index in [0.717, 1.165) is 0 Å². The van der Waals surface area contributed by atoms with Crippen LogP contribution >= 0.6 is 0 Å². The van der Waals surface area contributed by atoms with Gasteiger partial charge in [-0.1, -0.05) is 0 Å². The number of hydrogen-bond donors (Lipinski definition) is 3. The first-order valence-electron chi connectivity index (χ1n) is 0.775. The van der Waals surface area contributed by atoms with Crippen LogP contribution in [0.1, 0.15) is 0 Å². The SMILES string of the molecule is OB(O)O.[Cl-].[Cl-].[Zr+4]. The Kier molecular flexibility index (Phi) is 53.1. The van der Waals surface area contributed by atoms with E-state index in [9.17, 15) is 0 Å². The summed E-state index contributed by atoms with van der Waals surface area (Å²) in [4.78, 5) is 0. The molecule has 0 aliphatic rings. The quantitative estimate of drug-likeness (QED) is 0.358. The molecule has 0 spiro atoms. The van der Waals surface area contributed by atoms with Gasteiger partial charge in [0, 0.05) is 0 Å². The van der Waals surface area contributed by atoms with Crippen LogP contribution in [0, 0.1) is 0 Å². The van der Waals surface area contributed by atoms with Crippen LogP contribution in [0.25, 0.3) is 0 Å². The molecular formula is H3BCl2O3Zr+2. The summed E-state index contributed by atoms with van der Waals surface area (Å²) in [5, 5.41) is 21.5. The van der Waals surface area contributed by atoms with Crippen LogP contribution < -0.4 is 24.8 Å². The van der Waals surface area contributed by atoms with Crippen molar-refractivity contribution in [2.75, 3.05) is 0 Å². The average molecular weight is 224 g/mol. The van der Waals surface area contributed by atoms with Gasteiger partial charge in [-0.3, -0.25) is 0 Å². The molecule has 7 heteroatoms. The fraction of sp³-hybridized carbons (Fsp3) is 0. The van der Waals surface area contributed by atoms with Crippen molar-refractivity contribution in [1.82, 2.24) is 0 Å². The van der Waals surface area contributed by atoms with E-state index in [1.807, 2.05) is 0 Å². The Morgan fingerprint density at radius 2 is 0.857 bits per heavy atom. The third kappa shape index (κ3) is 109. The summed E-state index contributed by atoms with van der Waals surface area (Å²) >= 11 is 0. The van der Waals surface area contributed by atoms with Crippen molar-refractivity contribution in [3.8, 4) is 0 Å². The largest absolute Gasteiger partial charge is 4.00 e. The average Bonchev–Trinajstić information content (AvgIpc) is 0.811. The van der Waals surface area contributed by atoms with Crippen molar-refractivity contribution in [1.29, 1.82) is 0 Å². The minimum atomic E-state index is -2.17. The van der Waals surface area contributed by atoms with Crippen molar-refractivity contribution in [2.24, 2.45) is 0 Å². The third-order valence-electron chi connectivity index (χ3n) is 0. The summed E-state index contributed by atoms with van der Waals surface area (Å²) in [6.07, 6.45) is 0. The summed E-state index contributed by atoms with van der Waals surface area (Å²) in [7, 11) is -2.17. The van der Waals surface area contributed by atoms with E-state index in [1.54, 1.807) is 0 Å². The fourth-order valence-corrected chi connectivity index (χ4v) is 0. The normalized spacial score (nSPS) is 3.86. The Morgan fingerprint density at radius 3 is 0.857 bits per heavy atom. The number of halogens is 2. The standard InChI is InChI=1S/BH3O3.2ClH.Zr/c2-1(3)4;;;/h2-4H;2*1H;/q;;;+4/p-2. The van der Waals surface area contributed by atoms with Crippen LogP contribution in [0.4, 0.5) is 0 Å². The van der Waals surface area contributed by atoms with E-state index in [-0.39, 0.29) is 51.0 Å². The molecule has 0 aromatic heterocycles. The van der Waals surface area contributed by atoms with Gasteiger partial charge in [0.25, 0.3) is 0 Å². The third-order valence-corrected chi connectivity index (χ3v) is 0. The minimum Gasteiger partial charge on any atom is -1.00 e. The Bertz CT molecular complexity index is 17.7. The summed E-state index contributed by atoms with van der Waals surface area (Å²) in [6.45, 7) is 0. The number of rotatable bonds is 0. The predicted octanol–water partition coefficient (Wildman–Crippen LogP) is -8.05.